The van der Waals surface area contributed by atoms with Gasteiger partial charge in [0.25, 0.3) is 20.2 Å². The van der Waals surface area contributed by atoms with Crippen LogP contribution in [0, 0.1) is 6.92 Å². The number of urea groups is 1. The van der Waals surface area contributed by atoms with Crippen LogP contribution in [-0.4, -0.2) is 120 Å². The van der Waals surface area contributed by atoms with Gasteiger partial charge in [0.2, 0.25) is 17.8 Å². The Hall–Kier alpha value is -12.5. The van der Waals surface area contributed by atoms with Crippen LogP contribution in [0.15, 0.2) is 221 Å². The van der Waals surface area contributed by atoms with E-state index in [-0.39, 0.29) is 83.8 Å². The molecule has 9 aromatic rings. The van der Waals surface area contributed by atoms with Gasteiger partial charge in [0.05, 0.1) is 104 Å². The Bertz CT molecular complexity index is 4770. The van der Waals surface area contributed by atoms with Gasteiger partial charge in [-0.3, -0.25) is 13.9 Å². The van der Waals surface area contributed by atoms with E-state index in [1.807, 2.05) is 4.90 Å². The van der Waals surface area contributed by atoms with Crippen molar-refractivity contribution in [3.8, 4) is 5.75 Å². The van der Waals surface area contributed by atoms with E-state index in [1.165, 1.54) is 98.1 Å². The molecule has 1 aromatic heterocycles. The third-order valence-electron chi connectivity index (χ3n) is 13.1. The van der Waals surface area contributed by atoms with Crippen LogP contribution in [0.4, 0.5) is 90.9 Å². The summed E-state index contributed by atoms with van der Waals surface area (Å²) in [7, 11) is -7.46. The number of amides is 2. The second kappa shape index (κ2) is 30.7. The number of methoxy groups -OCH3 is 1. The minimum Gasteiger partial charge on any atom is -0.494 e. The molecule has 0 atom stereocenters. The maximum Gasteiger partial charge on any atom is 0.335 e. The summed E-state index contributed by atoms with van der Waals surface area (Å²) in [6.45, 7) is 4.04. The minimum absolute atomic E-state index is 0.0732. The van der Waals surface area contributed by atoms with Crippen molar-refractivity contribution in [3.05, 3.63) is 198 Å². The first-order valence-electron chi connectivity index (χ1n) is 27.9. The number of anilines is 7. The van der Waals surface area contributed by atoms with Crippen LogP contribution in [0.5, 0.6) is 5.75 Å². The Kier molecular flexibility index (Phi) is 21.7. The van der Waals surface area contributed by atoms with Crippen LogP contribution in [0.25, 0.3) is 0 Å². The monoisotopic (exact) mass is 1340 g/mol. The Morgan fingerprint density at radius 1 is 0.500 bits per heavy atom. The van der Waals surface area contributed by atoms with Gasteiger partial charge in [-0.25, -0.2) is 19.2 Å². The number of carboxylic acids is 3. The molecule has 0 unspecified atom stereocenters. The third kappa shape index (κ3) is 19.3. The van der Waals surface area contributed by atoms with E-state index in [0.717, 1.165) is 23.8 Å². The molecule has 488 valence electrons. The van der Waals surface area contributed by atoms with Crippen LogP contribution < -0.4 is 30.9 Å². The fourth-order valence-electron chi connectivity index (χ4n) is 8.54. The zero-order valence-corrected chi connectivity index (χ0v) is 51.6. The van der Waals surface area contributed by atoms with Crippen LogP contribution in [0.2, 0.25) is 0 Å². The number of aromatic nitrogens is 3. The topological polar surface area (TPSA) is 462 Å². The summed E-state index contributed by atoms with van der Waals surface area (Å²) in [5.41, 5.74) is 4.59. The molecule has 0 bridgehead atoms. The molecule has 34 heteroatoms. The molecule has 2 amide bonds. The summed E-state index contributed by atoms with van der Waals surface area (Å²) in [5, 5.41) is 71.9. The van der Waals surface area contributed by atoms with E-state index in [0.29, 0.717) is 72.7 Å². The molecule has 9 N–H and O–H groups in total. The number of benzene rings is 8. The van der Waals surface area contributed by atoms with E-state index in [2.05, 4.69) is 77.1 Å². The minimum atomic E-state index is -4.42. The molecule has 8 aromatic carbocycles. The number of hydrogen-bond acceptors (Lipinski definition) is 25. The van der Waals surface area contributed by atoms with Crippen LogP contribution in [0.1, 0.15) is 47.0 Å². The number of nitrogens with zero attached hydrogens (tertiary/aromatic N) is 12. The van der Waals surface area contributed by atoms with Gasteiger partial charge in [0.1, 0.15) is 5.75 Å². The largest absolute Gasteiger partial charge is 0.494 e. The molecule has 1 saturated heterocycles. The lowest BCUT2D eigenvalue weighted by Crippen LogP contribution is -2.37. The summed E-state index contributed by atoms with van der Waals surface area (Å²) in [6, 6.07) is 40.5. The van der Waals surface area contributed by atoms with Crippen molar-refractivity contribution in [3.63, 3.8) is 0 Å². The summed E-state index contributed by atoms with van der Waals surface area (Å²) >= 11 is 0. The Morgan fingerprint density at radius 3 is 1.39 bits per heavy atom. The molecule has 0 saturated carbocycles. The Balaban J connectivity index is 0.000000229. The molecule has 0 radical (unpaired) electrons. The second-order valence-corrected chi connectivity index (χ2v) is 22.9. The molecular weight excluding hydrogens is 1290 g/mol. The lowest BCUT2D eigenvalue weighted by molar-refractivity contribution is 0.0682. The van der Waals surface area contributed by atoms with Crippen molar-refractivity contribution in [2.75, 3.05) is 59.6 Å². The van der Waals surface area contributed by atoms with E-state index < -0.39 is 44.2 Å². The number of carboxylic acid groups (broad SMARTS) is 3. The number of carbonyl (C=O) groups excluding carboxylic acids is 2. The number of rotatable bonds is 22. The highest BCUT2D eigenvalue weighted by atomic mass is 32.2. The number of carbonyl (C=O) groups is 5. The van der Waals surface area contributed by atoms with Crippen molar-refractivity contribution in [1.29, 1.82) is 0 Å². The van der Waals surface area contributed by atoms with Crippen molar-refractivity contribution in [1.82, 2.24) is 15.0 Å². The van der Waals surface area contributed by atoms with Gasteiger partial charge in [-0.15, -0.1) is 0 Å². The standard InChI is InChI=1S/C35H30N10O7.C27H22N6O9S2/c1-20-14-21(30(46)47)17-28(15-20)43-41-26-6-2-24(3-7-26)36-33-38-34(40-35(39-33)45-10-12-52-13-11-45)37-25-4-8-27(9-5-25)42-44-29-18-22(31(48)49)16-23(19-29)32(50)51;1-42-26-15-21(33-31-19-5-3-7-23(14-19)44(39,40)41)9-11-25(26)29-27(35)28-24-10-8-20(12-17(24)16-34)32-30-18-4-2-6-22(13-18)43(36,37)38/h2-9,14-19H,10-13H2,1H3,(H,46,47)(H,48,49)(H,50,51)(H2,36,37,38,39,40);2-16H,1H3,(H2,28,29,35)(H,36,37,38)(H,39,40,41). The smallest absolute Gasteiger partial charge is 0.335 e. The number of nitrogens with one attached hydrogen (secondary N) is 4. The maximum atomic E-state index is 12.7. The van der Waals surface area contributed by atoms with E-state index >= 15 is 0 Å². The van der Waals surface area contributed by atoms with Crippen molar-refractivity contribution in [2.45, 2.75) is 16.7 Å². The third-order valence-corrected chi connectivity index (χ3v) is 14.8. The second-order valence-electron chi connectivity index (χ2n) is 20.1. The van der Waals surface area contributed by atoms with Gasteiger partial charge in [0, 0.05) is 36.1 Å². The van der Waals surface area contributed by atoms with Gasteiger partial charge in [-0.2, -0.15) is 72.7 Å². The Labute approximate surface area is 544 Å². The van der Waals surface area contributed by atoms with Crippen LogP contribution >= 0.6 is 0 Å². The summed E-state index contributed by atoms with van der Waals surface area (Å²) in [6.07, 6.45) is 0.500. The fraction of sp³-hybridized carbons (Fsp3) is 0.0968. The first-order valence-corrected chi connectivity index (χ1v) is 30.8. The van der Waals surface area contributed by atoms with E-state index in [4.69, 9.17) is 9.47 Å². The van der Waals surface area contributed by atoms with Crippen molar-refractivity contribution >= 4 is 137 Å². The lowest BCUT2D eigenvalue weighted by Gasteiger charge is -2.27. The molecule has 1 aliphatic heterocycles. The predicted octanol–water partition coefficient (Wildman–Crippen LogP) is 13.9. The average Bonchev–Trinajstić information content (AvgIpc) is 0.949. The molecular formula is C62H52N16O16S2. The summed E-state index contributed by atoms with van der Waals surface area (Å²) in [4.78, 5) is 73.7. The van der Waals surface area contributed by atoms with E-state index in [9.17, 15) is 65.2 Å². The highest BCUT2D eigenvalue weighted by molar-refractivity contribution is 7.86. The van der Waals surface area contributed by atoms with Gasteiger partial charge >= 0.3 is 23.9 Å². The zero-order valence-electron chi connectivity index (χ0n) is 50.0. The van der Waals surface area contributed by atoms with Crippen LogP contribution in [-0.2, 0) is 25.0 Å². The average molecular weight is 1340 g/mol. The Morgan fingerprint density at radius 2 is 0.917 bits per heavy atom. The molecule has 10 rings (SSSR count). The van der Waals surface area contributed by atoms with Crippen molar-refractivity contribution in [2.24, 2.45) is 40.9 Å². The number of ether oxygens (including phenoxy) is 2. The first-order chi connectivity index (χ1) is 45.9. The zero-order chi connectivity index (χ0) is 68.5. The van der Waals surface area contributed by atoms with Gasteiger partial charge < -0.3 is 51.0 Å². The number of azo groups is 4. The van der Waals surface area contributed by atoms with Gasteiger partial charge in [-0.1, -0.05) is 12.1 Å². The van der Waals surface area contributed by atoms with E-state index in [1.54, 1.807) is 67.6 Å². The molecule has 96 heavy (non-hydrogen) atoms. The van der Waals surface area contributed by atoms with Gasteiger partial charge in [-0.05, 0) is 164 Å². The molecule has 2 heterocycles. The summed E-state index contributed by atoms with van der Waals surface area (Å²) < 4.78 is 74.5. The number of morpholine rings is 1. The first kappa shape index (κ1) is 67.9. The normalized spacial score (nSPS) is 12.5. The molecule has 0 aliphatic carbocycles. The maximum absolute atomic E-state index is 12.7. The molecule has 1 aliphatic rings. The number of aryl methyl sites for hydroxylation is 1. The summed E-state index contributed by atoms with van der Waals surface area (Å²) in [5.74, 6) is -2.38. The number of aldehydes is 1. The number of aromatic carboxylic acids is 3. The van der Waals surface area contributed by atoms with Gasteiger partial charge in [0.15, 0.2) is 6.29 Å². The fourth-order valence-corrected chi connectivity index (χ4v) is 9.58. The molecule has 32 nitrogen and oxygen atoms in total. The van der Waals surface area contributed by atoms with Crippen molar-refractivity contribution < 1.29 is 74.7 Å². The quantitative estimate of drug-likeness (QED) is 0.0173. The van der Waals surface area contributed by atoms with Crippen LogP contribution in [0.3, 0.4) is 0 Å². The number of hydrogen-bond donors (Lipinski definition) is 9. The predicted molar refractivity (Wildman–Crippen MR) is 347 cm³/mol. The highest BCUT2D eigenvalue weighted by Gasteiger charge is 2.19. The highest BCUT2D eigenvalue weighted by Crippen LogP contribution is 2.33. The lowest BCUT2D eigenvalue weighted by atomic mass is 10.1. The SMILES string of the molecule is COc1cc(N=Nc2cccc(S(=O)(=O)O)c2)ccc1NC(=O)Nc1ccc(N=Nc2cccc(S(=O)(=O)O)c2)cc1C=O.Cc1cc(N=Nc2ccc(Nc3nc(Nc4ccc(N=Nc5cc(C(=O)O)cc(C(=O)O)c5)cc4)nc(N4CCOCC4)n3)cc2)cc(C(=O)O)c1. The molecule has 1 fully saturated rings. The molecule has 0 spiro atoms.